The van der Waals surface area contributed by atoms with Crippen molar-refractivity contribution in [3.05, 3.63) is 24.3 Å². The highest BCUT2D eigenvalue weighted by atomic mass is 32.2. The lowest BCUT2D eigenvalue weighted by Crippen LogP contribution is -2.51. The predicted molar refractivity (Wildman–Crippen MR) is 94.3 cm³/mol. The van der Waals surface area contributed by atoms with E-state index in [1.54, 1.807) is 13.8 Å². The first-order chi connectivity index (χ1) is 12.1. The van der Waals surface area contributed by atoms with E-state index in [9.17, 15) is 18.0 Å². The fourth-order valence-corrected chi connectivity index (χ4v) is 3.81. The van der Waals surface area contributed by atoms with Crippen LogP contribution in [0.25, 0.3) is 0 Å². The van der Waals surface area contributed by atoms with E-state index < -0.39 is 33.4 Å². The van der Waals surface area contributed by atoms with E-state index >= 15 is 0 Å². The second kappa shape index (κ2) is 7.63. The smallest absolute Gasteiger partial charge is 0.311 e. The monoisotopic (exact) mass is 384 g/mol. The molecule has 0 heterocycles. The summed E-state index contributed by atoms with van der Waals surface area (Å²) in [6, 6.07) is 4.80. The summed E-state index contributed by atoms with van der Waals surface area (Å²) in [5.74, 6) is -1.28. The van der Waals surface area contributed by atoms with Crippen LogP contribution in [0.1, 0.15) is 26.7 Å². The topological polar surface area (TPSA) is 122 Å². The van der Waals surface area contributed by atoms with Crippen LogP contribution in [0.4, 0.5) is 0 Å². The van der Waals surface area contributed by atoms with Crippen LogP contribution in [0.3, 0.4) is 0 Å². The van der Waals surface area contributed by atoms with Gasteiger partial charge >= 0.3 is 5.97 Å². The van der Waals surface area contributed by atoms with Gasteiger partial charge in [-0.2, -0.15) is 4.72 Å². The van der Waals surface area contributed by atoms with Crippen LogP contribution in [0.2, 0.25) is 0 Å². The van der Waals surface area contributed by atoms with Crippen LogP contribution >= 0.6 is 0 Å². The lowest BCUT2D eigenvalue weighted by atomic mass is 10.0. The summed E-state index contributed by atoms with van der Waals surface area (Å²) in [7, 11) is -2.43. The van der Waals surface area contributed by atoms with E-state index in [0.29, 0.717) is 18.6 Å². The maximum absolute atomic E-state index is 12.5. The average molecular weight is 384 g/mol. The Morgan fingerprint density at radius 1 is 1.23 bits per heavy atom. The molecule has 1 aromatic carbocycles. The predicted octanol–water partition coefficient (Wildman–Crippen LogP) is 0.979. The van der Waals surface area contributed by atoms with E-state index in [-0.39, 0.29) is 17.4 Å². The quantitative estimate of drug-likeness (QED) is 0.583. The Balaban J connectivity index is 2.08. The molecule has 26 heavy (non-hydrogen) atoms. The van der Waals surface area contributed by atoms with Crippen molar-refractivity contribution in [3.8, 4) is 5.75 Å². The van der Waals surface area contributed by atoms with Crippen molar-refractivity contribution in [1.82, 2.24) is 10.0 Å². The van der Waals surface area contributed by atoms with Gasteiger partial charge in [0.1, 0.15) is 11.8 Å². The number of hydrogen-bond donors (Lipinski definition) is 3. The minimum absolute atomic E-state index is 0.00531. The van der Waals surface area contributed by atoms with Crippen LogP contribution in [-0.2, 0) is 19.6 Å². The minimum Gasteiger partial charge on any atom is -0.497 e. The van der Waals surface area contributed by atoms with Gasteiger partial charge in [0, 0.05) is 6.54 Å². The van der Waals surface area contributed by atoms with E-state index in [1.807, 2.05) is 0 Å². The minimum atomic E-state index is -3.91. The summed E-state index contributed by atoms with van der Waals surface area (Å²) in [4.78, 5) is 23.6. The number of aliphatic carboxylic acids is 1. The maximum Gasteiger partial charge on any atom is 0.311 e. The second-order valence-corrected chi connectivity index (χ2v) is 8.54. The second-order valence-electron chi connectivity index (χ2n) is 6.82. The number of carboxylic acids is 1. The van der Waals surface area contributed by atoms with Crippen molar-refractivity contribution in [2.45, 2.75) is 37.6 Å². The molecule has 1 amide bonds. The number of nitrogens with one attached hydrogen (secondary N) is 2. The normalized spacial score (nSPS) is 16.8. The van der Waals surface area contributed by atoms with Crippen molar-refractivity contribution in [2.75, 3.05) is 13.7 Å². The molecular formula is C17H24N2O6S. The number of carbonyl (C=O) groups excluding carboxylic acids is 1. The van der Waals surface area contributed by atoms with Gasteiger partial charge in [0.2, 0.25) is 15.9 Å². The zero-order valence-corrected chi connectivity index (χ0v) is 15.8. The van der Waals surface area contributed by atoms with Crippen LogP contribution in [0.5, 0.6) is 5.75 Å². The molecule has 0 saturated heterocycles. The molecule has 0 spiro atoms. The summed E-state index contributed by atoms with van der Waals surface area (Å²) in [6.45, 7) is 3.42. The number of amides is 1. The standard InChI is InChI=1S/C17H24N2O6S/c1-11(2)14(15(20)18-10-17(8-9-17)16(21)22)19-26(23,24)13-6-4-12(25-3)5-7-13/h4-7,11,14,19H,8-10H2,1-3H3,(H,18,20)(H,21,22). The molecule has 0 radical (unpaired) electrons. The average Bonchev–Trinajstić information content (AvgIpc) is 3.39. The number of ether oxygens (including phenoxy) is 1. The van der Waals surface area contributed by atoms with Crippen molar-refractivity contribution < 1.29 is 27.9 Å². The molecule has 0 bridgehead atoms. The highest BCUT2D eigenvalue weighted by Gasteiger charge is 2.50. The van der Waals surface area contributed by atoms with E-state index in [1.165, 1.54) is 31.4 Å². The molecule has 1 saturated carbocycles. The van der Waals surface area contributed by atoms with Crippen LogP contribution in [0, 0.1) is 11.3 Å². The number of rotatable bonds is 9. The van der Waals surface area contributed by atoms with Crippen molar-refractivity contribution in [3.63, 3.8) is 0 Å². The third-order valence-corrected chi connectivity index (χ3v) is 5.97. The van der Waals surface area contributed by atoms with Gasteiger partial charge in [-0.05, 0) is 43.0 Å². The van der Waals surface area contributed by atoms with Gasteiger partial charge in [-0.25, -0.2) is 8.42 Å². The lowest BCUT2D eigenvalue weighted by molar-refractivity contribution is -0.143. The summed E-state index contributed by atoms with van der Waals surface area (Å²) in [5.41, 5.74) is -0.911. The molecule has 1 atom stereocenters. The van der Waals surface area contributed by atoms with E-state index in [2.05, 4.69) is 10.0 Å². The molecule has 8 nitrogen and oxygen atoms in total. The molecule has 9 heteroatoms. The Morgan fingerprint density at radius 2 is 1.81 bits per heavy atom. The molecule has 1 aliphatic rings. The molecule has 1 aliphatic carbocycles. The molecule has 1 aromatic rings. The van der Waals surface area contributed by atoms with Gasteiger partial charge in [-0.3, -0.25) is 9.59 Å². The van der Waals surface area contributed by atoms with Crippen LogP contribution in [0.15, 0.2) is 29.2 Å². The van der Waals surface area contributed by atoms with Gasteiger partial charge in [-0.1, -0.05) is 13.8 Å². The number of carboxylic acid groups (broad SMARTS) is 1. The van der Waals surface area contributed by atoms with E-state index in [4.69, 9.17) is 9.84 Å². The van der Waals surface area contributed by atoms with Crippen molar-refractivity contribution in [1.29, 1.82) is 0 Å². The van der Waals surface area contributed by atoms with E-state index in [0.717, 1.165) is 0 Å². The van der Waals surface area contributed by atoms with Crippen LogP contribution in [-0.4, -0.2) is 45.1 Å². The number of benzene rings is 1. The molecule has 2 rings (SSSR count). The third kappa shape index (κ3) is 4.53. The first-order valence-corrected chi connectivity index (χ1v) is 9.77. The first kappa shape index (κ1) is 20.2. The largest absolute Gasteiger partial charge is 0.497 e. The Hall–Kier alpha value is -2.13. The maximum atomic E-state index is 12.5. The fourth-order valence-electron chi connectivity index (χ4n) is 2.47. The van der Waals surface area contributed by atoms with Gasteiger partial charge in [-0.15, -0.1) is 0 Å². The number of carbonyl (C=O) groups is 2. The molecule has 0 aromatic heterocycles. The molecule has 1 unspecified atom stereocenters. The third-order valence-electron chi connectivity index (χ3n) is 4.51. The summed E-state index contributed by atoms with van der Waals surface area (Å²) in [6.07, 6.45) is 1.01. The Labute approximate surface area is 153 Å². The van der Waals surface area contributed by atoms with Gasteiger partial charge < -0.3 is 15.2 Å². The summed E-state index contributed by atoms with van der Waals surface area (Å²) >= 11 is 0. The van der Waals surface area contributed by atoms with Gasteiger partial charge in [0.25, 0.3) is 0 Å². The fraction of sp³-hybridized carbons (Fsp3) is 0.529. The Kier molecular flexibility index (Phi) is 5.92. The molecule has 3 N–H and O–H groups in total. The number of methoxy groups -OCH3 is 1. The lowest BCUT2D eigenvalue weighted by Gasteiger charge is -2.22. The van der Waals surface area contributed by atoms with Crippen molar-refractivity contribution in [2.24, 2.45) is 11.3 Å². The number of hydrogen-bond acceptors (Lipinski definition) is 5. The highest BCUT2D eigenvalue weighted by Crippen LogP contribution is 2.45. The van der Waals surface area contributed by atoms with Gasteiger partial charge in [0.15, 0.2) is 0 Å². The Bertz CT molecular complexity index is 769. The number of sulfonamides is 1. The zero-order chi connectivity index (χ0) is 19.5. The zero-order valence-electron chi connectivity index (χ0n) is 15.0. The van der Waals surface area contributed by atoms with Gasteiger partial charge in [0.05, 0.1) is 17.4 Å². The molecule has 0 aliphatic heterocycles. The summed E-state index contributed by atoms with van der Waals surface area (Å²) < 4.78 is 32.5. The van der Waals surface area contributed by atoms with Crippen molar-refractivity contribution >= 4 is 21.9 Å². The molecular weight excluding hydrogens is 360 g/mol. The summed E-state index contributed by atoms with van der Waals surface area (Å²) in [5, 5.41) is 11.7. The molecule has 1 fully saturated rings. The highest BCUT2D eigenvalue weighted by molar-refractivity contribution is 7.89. The first-order valence-electron chi connectivity index (χ1n) is 8.29. The van der Waals surface area contributed by atoms with Crippen LogP contribution < -0.4 is 14.8 Å². The Morgan fingerprint density at radius 3 is 2.23 bits per heavy atom. The molecule has 144 valence electrons. The SMILES string of the molecule is COc1ccc(S(=O)(=O)NC(C(=O)NCC2(C(=O)O)CC2)C(C)C)cc1.